The van der Waals surface area contributed by atoms with E-state index in [2.05, 4.69) is 75.1 Å². The van der Waals surface area contributed by atoms with Crippen LogP contribution in [0.4, 0.5) is 0 Å². The third kappa shape index (κ3) is 2.91. The molecule has 0 aliphatic rings. The van der Waals surface area contributed by atoms with Gasteiger partial charge >= 0.3 is 0 Å². The maximum absolute atomic E-state index is 2.43. The van der Waals surface area contributed by atoms with Crippen LogP contribution in [-0.2, 0) is 6.42 Å². The summed E-state index contributed by atoms with van der Waals surface area (Å²) in [4.78, 5) is 0. The first-order chi connectivity index (χ1) is 8.48. The zero-order valence-corrected chi connectivity index (χ0v) is 12.8. The third-order valence-corrected chi connectivity index (χ3v) is 5.53. The summed E-state index contributed by atoms with van der Waals surface area (Å²) in [7, 11) is -1.26. The fraction of sp³-hybridized carbons (Fsp3) is 0.294. The highest BCUT2D eigenvalue weighted by Crippen LogP contribution is 2.16. The molecule has 0 bridgehead atoms. The van der Waals surface area contributed by atoms with E-state index < -0.39 is 8.07 Å². The molecular formula is C17H22Si. The SMILES string of the molecule is Cc1cccc([Si](C)(C)C)c1Cc1ccccc1. The number of hydrogen-bond acceptors (Lipinski definition) is 0. The summed E-state index contributed by atoms with van der Waals surface area (Å²) in [5.74, 6) is 0. The van der Waals surface area contributed by atoms with E-state index in [9.17, 15) is 0 Å². The van der Waals surface area contributed by atoms with Crippen molar-refractivity contribution in [2.45, 2.75) is 33.0 Å². The summed E-state index contributed by atoms with van der Waals surface area (Å²) in [6, 6.07) is 17.6. The minimum atomic E-state index is -1.26. The molecule has 2 aromatic carbocycles. The van der Waals surface area contributed by atoms with E-state index in [1.54, 1.807) is 10.8 Å². The minimum absolute atomic E-state index is 1.06. The molecule has 2 rings (SSSR count). The molecule has 0 saturated carbocycles. The van der Waals surface area contributed by atoms with Gasteiger partial charge in [0, 0.05) is 0 Å². The molecule has 0 fully saturated rings. The van der Waals surface area contributed by atoms with Gasteiger partial charge in [-0.3, -0.25) is 0 Å². The molecule has 18 heavy (non-hydrogen) atoms. The predicted octanol–water partition coefficient (Wildman–Crippen LogP) is 4.13. The van der Waals surface area contributed by atoms with Gasteiger partial charge in [0.25, 0.3) is 0 Å². The molecule has 0 spiro atoms. The lowest BCUT2D eigenvalue weighted by Gasteiger charge is -2.22. The Labute approximate surface area is 112 Å². The third-order valence-electron chi connectivity index (χ3n) is 3.44. The Hall–Kier alpha value is -1.34. The van der Waals surface area contributed by atoms with Crippen molar-refractivity contribution in [3.8, 4) is 0 Å². The average Bonchev–Trinajstić information content (AvgIpc) is 2.32. The van der Waals surface area contributed by atoms with Crippen LogP contribution in [-0.4, -0.2) is 8.07 Å². The zero-order chi connectivity index (χ0) is 13.2. The molecule has 0 aliphatic heterocycles. The number of hydrogen-bond donors (Lipinski definition) is 0. The molecule has 0 atom stereocenters. The minimum Gasteiger partial charge on any atom is -0.0656 e. The van der Waals surface area contributed by atoms with Crippen molar-refractivity contribution >= 4 is 13.3 Å². The summed E-state index contributed by atoms with van der Waals surface area (Å²) in [6.07, 6.45) is 1.06. The van der Waals surface area contributed by atoms with Crippen LogP contribution in [0.2, 0.25) is 19.6 Å². The van der Waals surface area contributed by atoms with E-state index in [0.29, 0.717) is 0 Å². The van der Waals surface area contributed by atoms with Crippen molar-refractivity contribution in [1.29, 1.82) is 0 Å². The van der Waals surface area contributed by atoms with Gasteiger partial charge in [0.15, 0.2) is 0 Å². The molecule has 0 saturated heterocycles. The van der Waals surface area contributed by atoms with Crippen LogP contribution >= 0.6 is 0 Å². The van der Waals surface area contributed by atoms with Crippen LogP contribution in [0.1, 0.15) is 16.7 Å². The van der Waals surface area contributed by atoms with Gasteiger partial charge in [0.1, 0.15) is 0 Å². The lowest BCUT2D eigenvalue weighted by atomic mass is 10.0. The maximum atomic E-state index is 2.43. The molecule has 2 aromatic rings. The van der Waals surface area contributed by atoms with Crippen LogP contribution in [0, 0.1) is 6.92 Å². The second-order valence-electron chi connectivity index (χ2n) is 6.01. The maximum Gasteiger partial charge on any atom is 0.0779 e. The van der Waals surface area contributed by atoms with Gasteiger partial charge in [-0.25, -0.2) is 0 Å². The van der Waals surface area contributed by atoms with Crippen molar-refractivity contribution < 1.29 is 0 Å². The fourth-order valence-electron chi connectivity index (χ4n) is 2.44. The number of benzene rings is 2. The van der Waals surface area contributed by atoms with Crippen LogP contribution in [0.3, 0.4) is 0 Å². The second kappa shape index (κ2) is 5.11. The monoisotopic (exact) mass is 254 g/mol. The van der Waals surface area contributed by atoms with Gasteiger partial charge in [0.2, 0.25) is 0 Å². The molecule has 0 unspecified atom stereocenters. The molecule has 1 heteroatoms. The first-order valence-corrected chi connectivity index (χ1v) is 10.1. The molecule has 0 radical (unpaired) electrons. The van der Waals surface area contributed by atoms with E-state index in [1.165, 1.54) is 11.1 Å². The predicted molar refractivity (Wildman–Crippen MR) is 83.4 cm³/mol. The van der Waals surface area contributed by atoms with E-state index >= 15 is 0 Å². The smallest absolute Gasteiger partial charge is 0.0656 e. The number of aryl methyl sites for hydroxylation is 1. The molecule has 0 amide bonds. The Balaban J connectivity index is 2.44. The largest absolute Gasteiger partial charge is 0.0779 e. The molecule has 0 nitrogen and oxygen atoms in total. The first-order valence-electron chi connectivity index (χ1n) is 6.61. The van der Waals surface area contributed by atoms with Gasteiger partial charge in [-0.05, 0) is 30.0 Å². The van der Waals surface area contributed by atoms with Crippen molar-refractivity contribution in [1.82, 2.24) is 0 Å². The Morgan fingerprint density at radius 3 is 2.11 bits per heavy atom. The van der Waals surface area contributed by atoms with Crippen LogP contribution in [0.15, 0.2) is 48.5 Å². The van der Waals surface area contributed by atoms with Gasteiger partial charge in [-0.15, -0.1) is 0 Å². The zero-order valence-electron chi connectivity index (χ0n) is 11.8. The molecule has 94 valence electrons. The van der Waals surface area contributed by atoms with Crippen LogP contribution in [0.5, 0.6) is 0 Å². The molecular weight excluding hydrogens is 232 g/mol. The van der Waals surface area contributed by atoms with Crippen molar-refractivity contribution in [2.75, 3.05) is 0 Å². The van der Waals surface area contributed by atoms with Gasteiger partial charge < -0.3 is 0 Å². The average molecular weight is 254 g/mol. The quantitative estimate of drug-likeness (QED) is 0.722. The lowest BCUT2D eigenvalue weighted by molar-refractivity contribution is 1.17. The van der Waals surface area contributed by atoms with Gasteiger partial charge in [-0.2, -0.15) is 0 Å². The Morgan fingerprint density at radius 1 is 0.833 bits per heavy atom. The highest BCUT2D eigenvalue weighted by molar-refractivity contribution is 6.89. The van der Waals surface area contributed by atoms with E-state index in [-0.39, 0.29) is 0 Å². The lowest BCUT2D eigenvalue weighted by Crippen LogP contribution is -2.40. The highest BCUT2D eigenvalue weighted by Gasteiger charge is 2.20. The first kappa shape index (κ1) is 13.1. The van der Waals surface area contributed by atoms with Crippen LogP contribution in [0.25, 0.3) is 0 Å². The summed E-state index contributed by atoms with van der Waals surface area (Å²) in [5, 5.41) is 1.60. The van der Waals surface area contributed by atoms with Crippen LogP contribution < -0.4 is 5.19 Å². The number of rotatable bonds is 3. The fourth-order valence-corrected chi connectivity index (χ4v) is 4.23. The standard InChI is InChI=1S/C17H22Si/c1-14-9-8-12-17(18(2,3)4)16(14)13-15-10-6-5-7-11-15/h5-12H,13H2,1-4H3. The highest BCUT2D eigenvalue weighted by atomic mass is 28.3. The van der Waals surface area contributed by atoms with Crippen molar-refractivity contribution in [3.63, 3.8) is 0 Å². The summed E-state index contributed by atoms with van der Waals surface area (Å²) in [5.41, 5.74) is 4.38. The molecule has 0 aliphatic carbocycles. The van der Waals surface area contributed by atoms with E-state index in [1.807, 2.05) is 0 Å². The van der Waals surface area contributed by atoms with E-state index in [0.717, 1.165) is 6.42 Å². The molecule has 0 heterocycles. The summed E-state index contributed by atoms with van der Waals surface area (Å²) < 4.78 is 0. The Morgan fingerprint density at radius 2 is 1.50 bits per heavy atom. The summed E-state index contributed by atoms with van der Waals surface area (Å²) in [6.45, 7) is 9.52. The Kier molecular flexibility index (Phi) is 3.72. The Bertz CT molecular complexity index is 521. The second-order valence-corrected chi connectivity index (χ2v) is 11.1. The van der Waals surface area contributed by atoms with Gasteiger partial charge in [0.05, 0.1) is 8.07 Å². The molecule has 0 aromatic heterocycles. The normalized spacial score (nSPS) is 11.6. The van der Waals surface area contributed by atoms with Crippen molar-refractivity contribution in [3.05, 3.63) is 65.2 Å². The molecule has 0 N–H and O–H groups in total. The topological polar surface area (TPSA) is 0 Å². The van der Waals surface area contributed by atoms with Gasteiger partial charge in [-0.1, -0.05) is 73.4 Å². The summed E-state index contributed by atoms with van der Waals surface area (Å²) >= 11 is 0. The van der Waals surface area contributed by atoms with Crippen molar-refractivity contribution in [2.24, 2.45) is 0 Å². The van der Waals surface area contributed by atoms with E-state index in [4.69, 9.17) is 0 Å².